The van der Waals surface area contributed by atoms with Crippen LogP contribution in [0, 0.1) is 0 Å². The average molecular weight is 403 g/mol. The summed E-state index contributed by atoms with van der Waals surface area (Å²) < 4.78 is 0. The maximum atomic E-state index is 11.4. The van der Waals surface area contributed by atoms with Gasteiger partial charge in [-0.25, -0.2) is 4.79 Å². The van der Waals surface area contributed by atoms with Crippen molar-refractivity contribution in [1.29, 1.82) is 0 Å². The van der Waals surface area contributed by atoms with Crippen molar-refractivity contribution in [2.75, 3.05) is 5.32 Å². The smallest absolute Gasteiger partial charge is 0.339 e. The van der Waals surface area contributed by atoms with E-state index in [2.05, 4.69) is 67.8 Å². The molecule has 0 atom stereocenters. The Morgan fingerprint density at radius 2 is 1.58 bits per heavy atom. The number of rotatable bonds is 5. The van der Waals surface area contributed by atoms with E-state index >= 15 is 0 Å². The van der Waals surface area contributed by atoms with Gasteiger partial charge in [0.15, 0.2) is 0 Å². The zero-order valence-corrected chi connectivity index (χ0v) is 19.0. The van der Waals surface area contributed by atoms with Crippen molar-refractivity contribution in [1.82, 2.24) is 4.98 Å². The van der Waals surface area contributed by atoms with Gasteiger partial charge in [-0.05, 0) is 6.07 Å². The molecule has 0 unspecified atom stereocenters. The van der Waals surface area contributed by atoms with Gasteiger partial charge in [-0.2, -0.15) is 0 Å². The molecule has 2 N–H and O–H groups in total. The molecule has 0 saturated carbocycles. The number of anilines is 1. The largest absolute Gasteiger partial charge is 0.478 e. The first-order chi connectivity index (χ1) is 11.9. The van der Waals surface area contributed by atoms with E-state index < -0.39 is 22.1 Å². The molecule has 2 rings (SSSR count). The fourth-order valence-electron chi connectivity index (χ4n) is 2.49. The van der Waals surface area contributed by atoms with Gasteiger partial charge in [0, 0.05) is 18.0 Å². The third-order valence-corrected chi connectivity index (χ3v) is 8.61. The molecular weight excluding hydrogens is 376 g/mol. The molecule has 0 bridgehead atoms. The Morgan fingerprint density at radius 1 is 1.04 bits per heavy atom. The molecule has 2 aromatic rings. The Kier molecular flexibility index (Phi) is 5.84. The Hall–Kier alpha value is -1.84. The van der Waals surface area contributed by atoms with Gasteiger partial charge in [-0.15, -0.1) is 0 Å². The Bertz CT molecular complexity index is 823. The summed E-state index contributed by atoms with van der Waals surface area (Å²) in [6.45, 7) is 13.9. The lowest BCUT2D eigenvalue weighted by Gasteiger charge is -2.24. The van der Waals surface area contributed by atoms with E-state index in [1.807, 2.05) is 0 Å². The maximum Gasteiger partial charge on any atom is 0.339 e. The molecule has 4 nitrogen and oxygen atoms in total. The number of aromatic carboxylic acids is 1. The van der Waals surface area contributed by atoms with E-state index in [1.165, 1.54) is 16.6 Å². The number of nitrogens with zero attached hydrogens (tertiary/aromatic N) is 1. The zero-order chi connectivity index (χ0) is 19.7. The maximum absolute atomic E-state index is 11.4. The predicted molar refractivity (Wildman–Crippen MR) is 119 cm³/mol. The first-order valence-corrected chi connectivity index (χ1v) is 15.9. The minimum atomic E-state index is -1.51. The summed E-state index contributed by atoms with van der Waals surface area (Å²) in [5.74, 6) is -1.03. The molecule has 0 fully saturated rings. The number of carbonyl (C=O) groups is 1. The minimum Gasteiger partial charge on any atom is -0.478 e. The highest BCUT2D eigenvalue weighted by atomic mass is 32.1. The van der Waals surface area contributed by atoms with Crippen molar-refractivity contribution in [3.8, 4) is 0 Å². The molecule has 7 heteroatoms. The van der Waals surface area contributed by atoms with Gasteiger partial charge in [0.05, 0.1) is 21.8 Å². The molecule has 0 aliphatic carbocycles. The molecule has 1 heterocycles. The van der Waals surface area contributed by atoms with Crippen molar-refractivity contribution < 1.29 is 9.90 Å². The van der Waals surface area contributed by atoms with Gasteiger partial charge in [-0.3, -0.25) is 4.98 Å². The number of carboxylic acid groups (broad SMARTS) is 1. The number of hydrogen-bond acceptors (Lipinski definition) is 3. The highest BCUT2D eigenvalue weighted by molar-refractivity contribution is 7.81. The van der Waals surface area contributed by atoms with Crippen LogP contribution in [0.2, 0.25) is 39.3 Å². The summed E-state index contributed by atoms with van der Waals surface area (Å²) >= 11 is 5.62. The summed E-state index contributed by atoms with van der Waals surface area (Å²) in [4.78, 5) is 15.8. The third-order valence-electron chi connectivity index (χ3n) is 4.23. The van der Waals surface area contributed by atoms with Crippen LogP contribution in [0.5, 0.6) is 0 Å². The number of nitrogens with one attached hydrogen (secondary N) is 1. The number of hydrogen-bond donors (Lipinski definition) is 2. The summed E-state index contributed by atoms with van der Waals surface area (Å²) in [7, 11) is -3.02. The molecule has 1 aromatic carbocycles. The van der Waals surface area contributed by atoms with Crippen LogP contribution in [-0.2, 0) is 0 Å². The first-order valence-electron chi connectivity index (χ1n) is 8.54. The Labute approximate surface area is 162 Å². The summed E-state index contributed by atoms with van der Waals surface area (Å²) in [5.41, 5.74) is 1.53. The van der Waals surface area contributed by atoms with Gasteiger partial charge in [0.25, 0.3) is 0 Å². The van der Waals surface area contributed by atoms with Gasteiger partial charge in [-0.1, -0.05) is 80.1 Å². The zero-order valence-electron chi connectivity index (χ0n) is 16.2. The Balaban J connectivity index is 2.48. The van der Waals surface area contributed by atoms with Crippen LogP contribution < -0.4 is 15.7 Å². The van der Waals surface area contributed by atoms with Gasteiger partial charge >= 0.3 is 5.97 Å². The van der Waals surface area contributed by atoms with Gasteiger partial charge < -0.3 is 10.4 Å². The lowest BCUT2D eigenvalue weighted by atomic mass is 10.2. The van der Waals surface area contributed by atoms with Crippen LogP contribution in [0.3, 0.4) is 0 Å². The van der Waals surface area contributed by atoms with Crippen molar-refractivity contribution in [2.24, 2.45) is 0 Å². The predicted octanol–water partition coefficient (Wildman–Crippen LogP) is 3.66. The fraction of sp³-hybridized carbons (Fsp3) is 0.316. The lowest BCUT2D eigenvalue weighted by Crippen LogP contribution is -2.45. The molecule has 0 radical (unpaired) electrons. The molecule has 0 saturated heterocycles. The van der Waals surface area contributed by atoms with Crippen molar-refractivity contribution in [3.05, 3.63) is 47.8 Å². The molecule has 0 spiro atoms. The summed E-state index contributed by atoms with van der Waals surface area (Å²) in [6, 6.07) is 8.30. The lowest BCUT2D eigenvalue weighted by molar-refractivity contribution is 0.0697. The van der Waals surface area contributed by atoms with Crippen LogP contribution in [-0.4, -0.2) is 37.2 Å². The monoisotopic (exact) mass is 402 g/mol. The number of thiocarbonyl (C=S) groups is 1. The van der Waals surface area contributed by atoms with Gasteiger partial charge in [0.1, 0.15) is 10.6 Å². The van der Waals surface area contributed by atoms with Crippen LogP contribution in [0.15, 0.2) is 36.7 Å². The third kappa shape index (κ3) is 4.87. The van der Waals surface area contributed by atoms with E-state index in [0.717, 1.165) is 5.56 Å². The van der Waals surface area contributed by atoms with E-state index in [4.69, 9.17) is 12.2 Å². The average Bonchev–Trinajstić information content (AvgIpc) is 2.53. The van der Waals surface area contributed by atoms with E-state index in [-0.39, 0.29) is 5.56 Å². The quantitative estimate of drug-likeness (QED) is 0.590. The normalized spacial score (nSPS) is 11.9. The molecule has 0 amide bonds. The fourth-order valence-corrected chi connectivity index (χ4v) is 5.22. The number of carboxylic acids is 1. The van der Waals surface area contributed by atoms with E-state index in [0.29, 0.717) is 10.7 Å². The van der Waals surface area contributed by atoms with E-state index in [9.17, 15) is 9.90 Å². The topological polar surface area (TPSA) is 62.2 Å². The van der Waals surface area contributed by atoms with Crippen LogP contribution in [0.4, 0.5) is 5.69 Å². The molecule has 26 heavy (non-hydrogen) atoms. The number of pyridine rings is 1. The second kappa shape index (κ2) is 7.42. The SMILES string of the molecule is C[Si](C)(C)c1cc(C(=S)Nc2ccncc2C(=O)O)cc([Si](C)(C)C)c1. The van der Waals surface area contributed by atoms with Gasteiger partial charge in [0.2, 0.25) is 0 Å². The number of aromatic nitrogens is 1. The molecular formula is C19H26N2O2SSi2. The summed E-state index contributed by atoms with van der Waals surface area (Å²) in [5, 5.41) is 15.2. The minimum absolute atomic E-state index is 0.113. The van der Waals surface area contributed by atoms with Crippen LogP contribution >= 0.6 is 12.2 Å². The standard InChI is InChI=1S/C19H26N2O2SSi2/c1-25(2,3)14-9-13(10-15(11-14)26(4,5)6)18(24)21-17-7-8-20-12-16(17)19(22)23/h7-12H,1-6H3,(H,22,23)(H,20,21,24). The highest BCUT2D eigenvalue weighted by Gasteiger charge is 2.24. The molecule has 0 aliphatic heterocycles. The first kappa shape index (κ1) is 20.5. The second-order valence-electron chi connectivity index (χ2n) is 8.48. The molecule has 0 aliphatic rings. The molecule has 1 aromatic heterocycles. The van der Waals surface area contributed by atoms with Crippen molar-refractivity contribution in [3.63, 3.8) is 0 Å². The number of benzene rings is 1. The van der Waals surface area contributed by atoms with E-state index in [1.54, 1.807) is 12.3 Å². The second-order valence-corrected chi connectivity index (χ2v) is 19.0. The van der Waals surface area contributed by atoms with Crippen LogP contribution in [0.1, 0.15) is 15.9 Å². The van der Waals surface area contributed by atoms with Crippen LogP contribution in [0.25, 0.3) is 0 Å². The van der Waals surface area contributed by atoms with Crippen molar-refractivity contribution >= 4 is 55.4 Å². The van der Waals surface area contributed by atoms with Crippen molar-refractivity contribution in [2.45, 2.75) is 39.3 Å². The Morgan fingerprint density at radius 3 is 2.04 bits per heavy atom. The summed E-state index contributed by atoms with van der Waals surface area (Å²) in [6.07, 6.45) is 2.89. The molecule has 138 valence electrons. The highest BCUT2D eigenvalue weighted by Crippen LogP contribution is 2.16.